The molecule has 0 N–H and O–H groups in total. The summed E-state index contributed by atoms with van der Waals surface area (Å²) in [5.41, 5.74) is 4.00. The Morgan fingerprint density at radius 1 is 1.00 bits per heavy atom. The predicted molar refractivity (Wildman–Crippen MR) is 123 cm³/mol. The lowest BCUT2D eigenvalue weighted by Gasteiger charge is -2.15. The van der Waals surface area contributed by atoms with E-state index in [1.807, 2.05) is 11.5 Å². The van der Waals surface area contributed by atoms with Crippen molar-refractivity contribution in [2.75, 3.05) is 0 Å². The second kappa shape index (κ2) is 8.41. The van der Waals surface area contributed by atoms with Gasteiger partial charge in [0.15, 0.2) is 11.0 Å². The molecule has 2 aromatic carbocycles. The number of thioether (sulfide) groups is 1. The molecule has 1 aliphatic carbocycles. The van der Waals surface area contributed by atoms with Crippen LogP contribution in [0.5, 0.6) is 0 Å². The van der Waals surface area contributed by atoms with Gasteiger partial charge in [0, 0.05) is 17.2 Å². The van der Waals surface area contributed by atoms with Crippen molar-refractivity contribution in [2.45, 2.75) is 43.4 Å². The highest BCUT2D eigenvalue weighted by atomic mass is 32.2. The molecule has 0 radical (unpaired) electrons. The van der Waals surface area contributed by atoms with Gasteiger partial charge in [-0.05, 0) is 54.2 Å². The Morgan fingerprint density at radius 2 is 1.81 bits per heavy atom. The van der Waals surface area contributed by atoms with Gasteiger partial charge in [0.1, 0.15) is 0 Å². The molecule has 0 atom stereocenters. The molecule has 8 heteroatoms. The maximum Gasteiger partial charge on any atom is 0.416 e. The number of rotatable bonds is 5. The summed E-state index contributed by atoms with van der Waals surface area (Å²) in [7, 11) is 0. The van der Waals surface area contributed by atoms with Crippen LogP contribution in [0.1, 0.15) is 29.2 Å². The third-order valence-electron chi connectivity index (χ3n) is 5.61. The molecule has 0 amide bonds. The lowest BCUT2D eigenvalue weighted by atomic mass is 9.91. The van der Waals surface area contributed by atoms with E-state index in [1.165, 1.54) is 45.5 Å². The van der Waals surface area contributed by atoms with Gasteiger partial charge in [-0.3, -0.25) is 0 Å². The van der Waals surface area contributed by atoms with E-state index in [0.717, 1.165) is 29.6 Å². The van der Waals surface area contributed by atoms with Crippen molar-refractivity contribution in [3.8, 4) is 21.1 Å². The zero-order valence-corrected chi connectivity index (χ0v) is 18.9. The highest BCUT2D eigenvalue weighted by Gasteiger charge is 2.30. The molecule has 0 fully saturated rings. The van der Waals surface area contributed by atoms with E-state index in [1.54, 1.807) is 17.4 Å². The first-order valence-electron chi connectivity index (χ1n) is 10.4. The van der Waals surface area contributed by atoms with Crippen LogP contribution in [-0.4, -0.2) is 14.8 Å². The standard InChI is InChI=1S/C24H20F3N3S2/c1-2-30-22(20-13-17-11-10-16-7-3-4-9-19(16)21(17)32-20)28-29-23(30)31-14-15-6-5-8-18(12-15)24(25,26)27/h3-9,12-13H,2,10-11,14H2,1H3. The van der Waals surface area contributed by atoms with Crippen LogP contribution < -0.4 is 0 Å². The average Bonchev–Trinajstić information content (AvgIpc) is 3.41. The Balaban J connectivity index is 1.41. The molecule has 5 rings (SSSR count). The largest absolute Gasteiger partial charge is 0.416 e. The van der Waals surface area contributed by atoms with Crippen molar-refractivity contribution >= 4 is 23.1 Å². The normalized spacial score (nSPS) is 13.1. The molecule has 0 saturated heterocycles. The van der Waals surface area contributed by atoms with Gasteiger partial charge >= 0.3 is 6.18 Å². The Bertz CT molecular complexity index is 1270. The SMILES string of the molecule is CCn1c(SCc2cccc(C(F)(F)F)c2)nnc1-c1cc2c(s1)-c1ccccc1CC2. The number of hydrogen-bond donors (Lipinski definition) is 0. The molecule has 2 aromatic heterocycles. The molecular formula is C24H20F3N3S2. The third kappa shape index (κ3) is 3.97. The summed E-state index contributed by atoms with van der Waals surface area (Å²) >= 11 is 3.15. The highest BCUT2D eigenvalue weighted by Crippen LogP contribution is 2.43. The fourth-order valence-electron chi connectivity index (χ4n) is 4.03. The zero-order chi connectivity index (χ0) is 22.3. The minimum absolute atomic E-state index is 0.399. The third-order valence-corrected chi connectivity index (χ3v) is 7.85. The summed E-state index contributed by atoms with van der Waals surface area (Å²) in [5.74, 6) is 1.21. The second-order valence-corrected chi connectivity index (χ2v) is 9.65. The van der Waals surface area contributed by atoms with Crippen LogP contribution >= 0.6 is 23.1 Å². The molecule has 0 unspecified atom stereocenters. The molecule has 0 bridgehead atoms. The number of hydrogen-bond acceptors (Lipinski definition) is 4. The van der Waals surface area contributed by atoms with E-state index < -0.39 is 11.7 Å². The Hall–Kier alpha value is -2.58. The molecule has 3 nitrogen and oxygen atoms in total. The first kappa shape index (κ1) is 21.3. The van der Waals surface area contributed by atoms with Crippen molar-refractivity contribution in [1.82, 2.24) is 14.8 Å². The van der Waals surface area contributed by atoms with Gasteiger partial charge < -0.3 is 4.57 Å². The van der Waals surface area contributed by atoms with Crippen LogP contribution in [0.3, 0.4) is 0 Å². The topological polar surface area (TPSA) is 30.7 Å². The second-order valence-electron chi connectivity index (χ2n) is 7.66. The van der Waals surface area contributed by atoms with Crippen LogP contribution in [0.2, 0.25) is 0 Å². The van der Waals surface area contributed by atoms with E-state index in [0.29, 0.717) is 23.0 Å². The fraction of sp³-hybridized carbons (Fsp3) is 0.250. The maximum absolute atomic E-state index is 13.0. The van der Waals surface area contributed by atoms with Crippen LogP contribution in [0, 0.1) is 0 Å². The summed E-state index contributed by atoms with van der Waals surface area (Å²) in [4.78, 5) is 2.37. The molecule has 0 spiro atoms. The van der Waals surface area contributed by atoms with Gasteiger partial charge in [-0.15, -0.1) is 21.5 Å². The lowest BCUT2D eigenvalue weighted by molar-refractivity contribution is -0.137. The number of nitrogens with zero attached hydrogens (tertiary/aromatic N) is 3. The van der Waals surface area contributed by atoms with Crippen LogP contribution in [0.15, 0.2) is 59.8 Å². The van der Waals surface area contributed by atoms with Crippen LogP contribution in [0.25, 0.3) is 21.1 Å². The minimum atomic E-state index is -4.34. The van der Waals surface area contributed by atoms with Crippen molar-refractivity contribution in [1.29, 1.82) is 0 Å². The summed E-state index contributed by atoms with van der Waals surface area (Å²) in [6.07, 6.45) is -2.29. The summed E-state index contributed by atoms with van der Waals surface area (Å²) in [6.45, 7) is 2.72. The van der Waals surface area contributed by atoms with Crippen molar-refractivity contribution in [3.05, 3.63) is 76.9 Å². The van der Waals surface area contributed by atoms with Gasteiger partial charge in [0.25, 0.3) is 0 Å². The highest BCUT2D eigenvalue weighted by molar-refractivity contribution is 7.98. The van der Waals surface area contributed by atoms with E-state index in [2.05, 4.69) is 40.5 Å². The van der Waals surface area contributed by atoms with Crippen molar-refractivity contribution in [2.24, 2.45) is 0 Å². The summed E-state index contributed by atoms with van der Waals surface area (Å²) in [6, 6.07) is 16.2. The van der Waals surface area contributed by atoms with Crippen molar-refractivity contribution in [3.63, 3.8) is 0 Å². The molecule has 32 heavy (non-hydrogen) atoms. The molecule has 0 aliphatic heterocycles. The van der Waals surface area contributed by atoms with Gasteiger partial charge in [-0.2, -0.15) is 13.2 Å². The Kier molecular flexibility index (Phi) is 5.59. The molecule has 2 heterocycles. The molecule has 164 valence electrons. The average molecular weight is 472 g/mol. The maximum atomic E-state index is 13.0. The quantitative estimate of drug-likeness (QED) is 0.291. The smallest absolute Gasteiger partial charge is 0.302 e. The molecule has 4 aromatic rings. The number of aryl methyl sites for hydroxylation is 2. The van der Waals surface area contributed by atoms with Gasteiger partial charge in [0.2, 0.25) is 0 Å². The van der Waals surface area contributed by atoms with E-state index in [9.17, 15) is 13.2 Å². The predicted octanol–water partition coefficient (Wildman–Crippen LogP) is 7.10. The van der Waals surface area contributed by atoms with Gasteiger partial charge in [-0.25, -0.2) is 0 Å². The Labute approximate surface area is 192 Å². The monoisotopic (exact) mass is 471 g/mol. The number of thiophene rings is 1. The van der Waals surface area contributed by atoms with Gasteiger partial charge in [0.05, 0.1) is 10.4 Å². The number of fused-ring (bicyclic) bond motifs is 3. The molecule has 1 aliphatic rings. The van der Waals surface area contributed by atoms with Crippen molar-refractivity contribution < 1.29 is 13.2 Å². The van der Waals surface area contributed by atoms with Crippen LogP contribution in [-0.2, 0) is 31.3 Å². The first-order chi connectivity index (χ1) is 15.4. The Morgan fingerprint density at radius 3 is 2.62 bits per heavy atom. The van der Waals surface area contributed by atoms with Crippen LogP contribution in [0.4, 0.5) is 13.2 Å². The fourth-order valence-corrected chi connectivity index (χ4v) is 6.24. The molecular weight excluding hydrogens is 451 g/mol. The number of alkyl halides is 3. The number of halogens is 3. The van der Waals surface area contributed by atoms with E-state index in [-0.39, 0.29) is 0 Å². The van der Waals surface area contributed by atoms with E-state index in [4.69, 9.17) is 0 Å². The number of benzene rings is 2. The summed E-state index contributed by atoms with van der Waals surface area (Å²) in [5, 5.41) is 9.52. The number of aromatic nitrogens is 3. The first-order valence-corrected chi connectivity index (χ1v) is 12.2. The van der Waals surface area contributed by atoms with E-state index >= 15 is 0 Å². The van der Waals surface area contributed by atoms with Gasteiger partial charge in [-0.1, -0.05) is 54.2 Å². The lowest BCUT2D eigenvalue weighted by Crippen LogP contribution is -2.05. The summed E-state index contributed by atoms with van der Waals surface area (Å²) < 4.78 is 41.0. The zero-order valence-electron chi connectivity index (χ0n) is 17.3. The minimum Gasteiger partial charge on any atom is -0.302 e. The molecule has 0 saturated carbocycles.